The van der Waals surface area contributed by atoms with Crippen LogP contribution in [0.2, 0.25) is 0 Å². The maximum Gasteiger partial charge on any atom is 0.287 e. The molecule has 1 aromatic heterocycles. The molecule has 22 heavy (non-hydrogen) atoms. The molecule has 112 valence electrons. The van der Waals surface area contributed by atoms with E-state index in [2.05, 4.69) is 5.32 Å². The SMILES string of the molecule is Cc1c(C(=O)N[C@@H](C)c2ccccc2)oc2c(F)cccc12. The molecule has 0 aliphatic heterocycles. The van der Waals surface area contributed by atoms with Crippen LogP contribution in [0.15, 0.2) is 52.9 Å². The molecular weight excluding hydrogens is 281 g/mol. The highest BCUT2D eigenvalue weighted by atomic mass is 19.1. The number of hydrogen-bond acceptors (Lipinski definition) is 2. The zero-order chi connectivity index (χ0) is 15.7. The van der Waals surface area contributed by atoms with Gasteiger partial charge < -0.3 is 9.73 Å². The van der Waals surface area contributed by atoms with E-state index in [4.69, 9.17) is 4.42 Å². The van der Waals surface area contributed by atoms with Crippen molar-refractivity contribution >= 4 is 16.9 Å². The first-order valence-electron chi connectivity index (χ1n) is 7.11. The maximum atomic E-state index is 13.7. The van der Waals surface area contributed by atoms with Crippen LogP contribution in [0.4, 0.5) is 4.39 Å². The summed E-state index contributed by atoms with van der Waals surface area (Å²) in [5.74, 6) is -0.650. The molecule has 1 heterocycles. The predicted octanol–water partition coefficient (Wildman–Crippen LogP) is 4.37. The lowest BCUT2D eigenvalue weighted by Gasteiger charge is -2.13. The summed E-state index contributed by atoms with van der Waals surface area (Å²) in [4.78, 5) is 12.4. The van der Waals surface area contributed by atoms with Crippen molar-refractivity contribution in [2.45, 2.75) is 19.9 Å². The van der Waals surface area contributed by atoms with Gasteiger partial charge in [-0.1, -0.05) is 42.5 Å². The fourth-order valence-corrected chi connectivity index (χ4v) is 2.51. The van der Waals surface area contributed by atoms with Crippen LogP contribution in [0.5, 0.6) is 0 Å². The van der Waals surface area contributed by atoms with E-state index in [0.717, 1.165) is 5.56 Å². The minimum atomic E-state index is -0.462. The van der Waals surface area contributed by atoms with Gasteiger partial charge in [0.1, 0.15) is 0 Å². The normalized spacial score (nSPS) is 12.3. The van der Waals surface area contributed by atoms with E-state index >= 15 is 0 Å². The molecule has 0 aliphatic carbocycles. The summed E-state index contributed by atoms with van der Waals surface area (Å²) in [6.45, 7) is 3.65. The molecule has 0 fully saturated rings. The van der Waals surface area contributed by atoms with Crippen molar-refractivity contribution in [1.29, 1.82) is 0 Å². The van der Waals surface area contributed by atoms with Gasteiger partial charge in [0, 0.05) is 10.9 Å². The van der Waals surface area contributed by atoms with Gasteiger partial charge in [-0.2, -0.15) is 0 Å². The first-order chi connectivity index (χ1) is 10.6. The molecule has 0 saturated heterocycles. The van der Waals surface area contributed by atoms with Gasteiger partial charge in [0.15, 0.2) is 17.2 Å². The second kappa shape index (κ2) is 5.64. The van der Waals surface area contributed by atoms with Gasteiger partial charge in [0.2, 0.25) is 0 Å². The minimum Gasteiger partial charge on any atom is -0.448 e. The highest BCUT2D eigenvalue weighted by Gasteiger charge is 2.21. The number of halogens is 1. The third-order valence-corrected chi connectivity index (χ3v) is 3.77. The van der Waals surface area contributed by atoms with Crippen LogP contribution in [0.25, 0.3) is 11.0 Å². The highest BCUT2D eigenvalue weighted by Crippen LogP contribution is 2.27. The van der Waals surface area contributed by atoms with E-state index < -0.39 is 5.82 Å². The van der Waals surface area contributed by atoms with Crippen molar-refractivity contribution in [3.8, 4) is 0 Å². The molecule has 0 spiro atoms. The van der Waals surface area contributed by atoms with Crippen LogP contribution in [0, 0.1) is 12.7 Å². The molecule has 0 bridgehead atoms. The van der Waals surface area contributed by atoms with E-state index in [1.807, 2.05) is 37.3 Å². The van der Waals surface area contributed by atoms with E-state index in [0.29, 0.717) is 10.9 Å². The zero-order valence-corrected chi connectivity index (χ0v) is 12.4. The Morgan fingerprint density at radius 3 is 2.55 bits per heavy atom. The molecule has 3 rings (SSSR count). The second-order valence-corrected chi connectivity index (χ2v) is 5.28. The first kappa shape index (κ1) is 14.3. The van der Waals surface area contributed by atoms with Crippen LogP contribution >= 0.6 is 0 Å². The molecule has 1 atom stereocenters. The van der Waals surface area contributed by atoms with E-state index in [9.17, 15) is 9.18 Å². The Labute approximate surface area is 127 Å². The molecule has 0 radical (unpaired) electrons. The van der Waals surface area contributed by atoms with Crippen molar-refractivity contribution in [3.63, 3.8) is 0 Å². The van der Waals surface area contributed by atoms with Crippen LogP contribution in [0.3, 0.4) is 0 Å². The lowest BCUT2D eigenvalue weighted by molar-refractivity contribution is 0.0913. The van der Waals surface area contributed by atoms with Crippen molar-refractivity contribution in [2.24, 2.45) is 0 Å². The summed E-state index contributed by atoms with van der Waals surface area (Å²) in [6, 6.07) is 14.1. The number of amides is 1. The summed E-state index contributed by atoms with van der Waals surface area (Å²) in [6.07, 6.45) is 0. The van der Waals surface area contributed by atoms with Crippen molar-refractivity contribution < 1.29 is 13.6 Å². The molecule has 1 amide bonds. The Bertz CT molecular complexity index is 824. The van der Waals surface area contributed by atoms with E-state index in [1.165, 1.54) is 6.07 Å². The fourth-order valence-electron chi connectivity index (χ4n) is 2.51. The summed E-state index contributed by atoms with van der Waals surface area (Å²) in [5, 5.41) is 3.50. The molecule has 3 aromatic rings. The van der Waals surface area contributed by atoms with Gasteiger partial charge in [-0.15, -0.1) is 0 Å². The quantitative estimate of drug-likeness (QED) is 0.780. The molecule has 0 aliphatic rings. The first-order valence-corrected chi connectivity index (χ1v) is 7.11. The maximum absolute atomic E-state index is 13.7. The Balaban J connectivity index is 1.90. The average Bonchev–Trinajstić information content (AvgIpc) is 2.87. The monoisotopic (exact) mass is 297 g/mol. The summed E-state index contributed by atoms with van der Waals surface area (Å²) in [5.41, 5.74) is 1.76. The number of carbonyl (C=O) groups excluding carboxylic acids is 1. The number of rotatable bonds is 3. The number of para-hydroxylation sites is 1. The van der Waals surface area contributed by atoms with Crippen molar-refractivity contribution in [1.82, 2.24) is 5.32 Å². The average molecular weight is 297 g/mol. The number of aryl methyl sites for hydroxylation is 1. The van der Waals surface area contributed by atoms with Gasteiger partial charge in [0.05, 0.1) is 6.04 Å². The molecule has 1 N–H and O–H groups in total. The molecular formula is C18H16FNO2. The van der Waals surface area contributed by atoms with Gasteiger partial charge in [-0.3, -0.25) is 4.79 Å². The number of nitrogens with one attached hydrogen (secondary N) is 1. The fraction of sp³-hybridized carbons (Fsp3) is 0.167. The zero-order valence-electron chi connectivity index (χ0n) is 12.4. The smallest absolute Gasteiger partial charge is 0.287 e. The third-order valence-electron chi connectivity index (χ3n) is 3.77. The summed E-state index contributed by atoms with van der Waals surface area (Å²) >= 11 is 0. The van der Waals surface area contributed by atoms with Crippen LogP contribution in [-0.2, 0) is 0 Å². The molecule has 0 unspecified atom stereocenters. The highest BCUT2D eigenvalue weighted by molar-refractivity contribution is 5.99. The predicted molar refractivity (Wildman–Crippen MR) is 83.2 cm³/mol. The Morgan fingerprint density at radius 1 is 1.14 bits per heavy atom. The van der Waals surface area contributed by atoms with Crippen LogP contribution < -0.4 is 5.32 Å². The molecule has 3 nitrogen and oxygen atoms in total. The summed E-state index contributed by atoms with van der Waals surface area (Å²) < 4.78 is 19.2. The van der Waals surface area contributed by atoms with Crippen LogP contribution in [0.1, 0.15) is 34.6 Å². The topological polar surface area (TPSA) is 42.2 Å². The second-order valence-electron chi connectivity index (χ2n) is 5.28. The Kier molecular flexibility index (Phi) is 3.67. The van der Waals surface area contributed by atoms with Gasteiger partial charge >= 0.3 is 0 Å². The lowest BCUT2D eigenvalue weighted by Crippen LogP contribution is -2.26. The van der Waals surface area contributed by atoms with Crippen molar-refractivity contribution in [3.05, 3.63) is 71.2 Å². The Morgan fingerprint density at radius 2 is 1.86 bits per heavy atom. The van der Waals surface area contributed by atoms with E-state index in [-0.39, 0.29) is 23.3 Å². The number of furan rings is 1. The molecule has 4 heteroatoms. The summed E-state index contributed by atoms with van der Waals surface area (Å²) in [7, 11) is 0. The van der Waals surface area contributed by atoms with E-state index in [1.54, 1.807) is 19.1 Å². The number of hydrogen-bond donors (Lipinski definition) is 1. The lowest BCUT2D eigenvalue weighted by atomic mass is 10.1. The molecule has 0 saturated carbocycles. The minimum absolute atomic E-state index is 0.123. The van der Waals surface area contributed by atoms with Gasteiger partial charge in [-0.25, -0.2) is 4.39 Å². The largest absolute Gasteiger partial charge is 0.448 e. The standard InChI is InChI=1S/C18H16FNO2/c1-11-14-9-6-10-15(19)17(14)22-16(11)18(21)20-12(2)13-7-4-3-5-8-13/h3-10,12H,1-2H3,(H,20,21)/t12-/m0/s1. The Hall–Kier alpha value is -2.62. The number of carbonyl (C=O) groups is 1. The molecule has 2 aromatic carbocycles. The third kappa shape index (κ3) is 2.48. The number of fused-ring (bicyclic) bond motifs is 1. The van der Waals surface area contributed by atoms with Gasteiger partial charge in [0.25, 0.3) is 5.91 Å². The number of benzene rings is 2. The van der Waals surface area contributed by atoms with Gasteiger partial charge in [-0.05, 0) is 25.5 Å². The van der Waals surface area contributed by atoms with Crippen molar-refractivity contribution in [2.75, 3.05) is 0 Å². The van der Waals surface area contributed by atoms with Crippen LogP contribution in [-0.4, -0.2) is 5.91 Å².